The van der Waals surface area contributed by atoms with E-state index < -0.39 is 5.41 Å². The molecule has 0 fully saturated rings. The van der Waals surface area contributed by atoms with E-state index in [1.54, 1.807) is 0 Å². The van der Waals surface area contributed by atoms with Crippen LogP contribution in [-0.4, -0.2) is 19.5 Å². The Kier molecular flexibility index (Phi) is 5.89. The average Bonchev–Trinajstić information content (AvgIpc) is 3.71. The van der Waals surface area contributed by atoms with Crippen molar-refractivity contribution in [2.24, 2.45) is 0 Å². The van der Waals surface area contributed by atoms with E-state index in [4.69, 9.17) is 15.0 Å². The van der Waals surface area contributed by atoms with Crippen molar-refractivity contribution in [3.05, 3.63) is 192 Å². The highest BCUT2D eigenvalue weighted by molar-refractivity contribution is 7.99. The molecule has 1 spiro atoms. The van der Waals surface area contributed by atoms with Crippen LogP contribution in [0.1, 0.15) is 22.3 Å². The Morgan fingerprint density at radius 1 is 0.491 bits per heavy atom. The van der Waals surface area contributed by atoms with Gasteiger partial charge in [0.2, 0.25) is 5.95 Å². The minimum Gasteiger partial charge on any atom is -0.278 e. The van der Waals surface area contributed by atoms with Crippen LogP contribution in [0.2, 0.25) is 0 Å². The highest BCUT2D eigenvalue weighted by atomic mass is 32.2. The maximum atomic E-state index is 5.41. The Morgan fingerprint density at radius 3 is 2.02 bits per heavy atom. The zero-order chi connectivity index (χ0) is 34.7. The molecule has 1 aliphatic carbocycles. The Bertz CT molecular complexity index is 3120. The summed E-state index contributed by atoms with van der Waals surface area (Å²) in [7, 11) is 0. The lowest BCUT2D eigenvalue weighted by Crippen LogP contribution is -2.32. The van der Waals surface area contributed by atoms with Crippen molar-refractivity contribution < 1.29 is 0 Å². The topological polar surface area (TPSA) is 43.6 Å². The van der Waals surface area contributed by atoms with Crippen LogP contribution in [0, 0.1) is 0 Å². The highest BCUT2D eigenvalue weighted by Crippen LogP contribution is 2.62. The van der Waals surface area contributed by atoms with Gasteiger partial charge >= 0.3 is 0 Å². The van der Waals surface area contributed by atoms with Crippen LogP contribution in [0.4, 0.5) is 0 Å². The average molecular weight is 693 g/mol. The summed E-state index contributed by atoms with van der Waals surface area (Å²) in [4.78, 5) is 18.0. The molecule has 0 amide bonds. The number of benzene rings is 7. The molecule has 53 heavy (non-hydrogen) atoms. The molecule has 10 aromatic rings. The first-order valence-corrected chi connectivity index (χ1v) is 18.8. The fraction of sp³-hybridized carbons (Fsp3) is 0.0208. The zero-order valence-electron chi connectivity index (χ0n) is 28.4. The van der Waals surface area contributed by atoms with E-state index in [9.17, 15) is 0 Å². The Hall–Kier alpha value is -6.56. The lowest BCUT2D eigenvalue weighted by molar-refractivity contribution is 0.723. The molecule has 246 valence electrons. The molecule has 0 radical (unpaired) electrons. The van der Waals surface area contributed by atoms with Gasteiger partial charge in [-0.05, 0) is 80.6 Å². The van der Waals surface area contributed by atoms with Gasteiger partial charge in [0.1, 0.15) is 0 Å². The van der Waals surface area contributed by atoms with Crippen LogP contribution in [0.3, 0.4) is 0 Å². The SMILES string of the molecule is c1ccc(-c2nc(-n3c4cc5c(cc4c4c6ccccc6ccc43)Sc3ccccc3C53c4ccccc4-c4ccccc43)nc3ncccc23)cc1. The first-order chi connectivity index (χ1) is 26.3. The second-order valence-corrected chi connectivity index (χ2v) is 15.0. The maximum absolute atomic E-state index is 5.41. The molecule has 3 aromatic heterocycles. The van der Waals surface area contributed by atoms with Crippen LogP contribution in [-0.2, 0) is 5.41 Å². The monoisotopic (exact) mass is 692 g/mol. The second-order valence-electron chi connectivity index (χ2n) is 13.9. The first kappa shape index (κ1) is 29.1. The summed E-state index contributed by atoms with van der Waals surface area (Å²) >= 11 is 1.88. The predicted molar refractivity (Wildman–Crippen MR) is 216 cm³/mol. The summed E-state index contributed by atoms with van der Waals surface area (Å²) < 4.78 is 2.28. The fourth-order valence-electron chi connectivity index (χ4n) is 9.22. The summed E-state index contributed by atoms with van der Waals surface area (Å²) in [6, 6.07) is 59.4. The molecule has 4 heterocycles. The predicted octanol–water partition coefficient (Wildman–Crippen LogP) is 11.8. The van der Waals surface area contributed by atoms with Gasteiger partial charge in [-0.1, -0.05) is 139 Å². The number of nitrogens with zero attached hydrogens (tertiary/aromatic N) is 4. The number of hydrogen-bond donors (Lipinski definition) is 0. The van der Waals surface area contributed by atoms with Crippen molar-refractivity contribution in [1.29, 1.82) is 0 Å². The Balaban J connectivity index is 1.26. The largest absolute Gasteiger partial charge is 0.278 e. The van der Waals surface area contributed by atoms with E-state index in [0.717, 1.165) is 27.7 Å². The van der Waals surface area contributed by atoms with Crippen molar-refractivity contribution in [2.75, 3.05) is 0 Å². The van der Waals surface area contributed by atoms with E-state index in [1.807, 2.05) is 30.1 Å². The quantitative estimate of drug-likeness (QED) is 0.181. The molecule has 7 aromatic carbocycles. The van der Waals surface area contributed by atoms with E-state index in [-0.39, 0.29) is 0 Å². The molecule has 0 unspecified atom stereocenters. The fourth-order valence-corrected chi connectivity index (χ4v) is 10.4. The molecule has 0 saturated carbocycles. The second kappa shape index (κ2) is 10.7. The third-order valence-electron chi connectivity index (χ3n) is 11.3. The van der Waals surface area contributed by atoms with Crippen molar-refractivity contribution in [3.63, 3.8) is 0 Å². The number of fused-ring (bicyclic) bond motifs is 15. The van der Waals surface area contributed by atoms with Crippen LogP contribution < -0.4 is 0 Å². The van der Waals surface area contributed by atoms with Crippen LogP contribution >= 0.6 is 11.8 Å². The van der Waals surface area contributed by atoms with E-state index in [1.165, 1.54) is 64.7 Å². The number of hydrogen-bond acceptors (Lipinski definition) is 4. The highest BCUT2D eigenvalue weighted by Gasteiger charge is 2.50. The van der Waals surface area contributed by atoms with Crippen LogP contribution in [0.25, 0.3) is 71.9 Å². The first-order valence-electron chi connectivity index (χ1n) is 17.9. The molecule has 0 N–H and O–H groups in total. The van der Waals surface area contributed by atoms with Crippen LogP contribution in [0.15, 0.2) is 180 Å². The normalized spacial score (nSPS) is 13.7. The molecule has 0 saturated heterocycles. The van der Waals surface area contributed by atoms with E-state index in [0.29, 0.717) is 11.6 Å². The van der Waals surface area contributed by atoms with E-state index >= 15 is 0 Å². The molecular formula is C48H28N4S. The molecule has 0 bridgehead atoms. The summed E-state index contributed by atoms with van der Waals surface area (Å²) in [6.07, 6.45) is 1.82. The maximum Gasteiger partial charge on any atom is 0.237 e. The van der Waals surface area contributed by atoms with Gasteiger partial charge in [-0.15, -0.1) is 0 Å². The van der Waals surface area contributed by atoms with Crippen LogP contribution in [0.5, 0.6) is 0 Å². The van der Waals surface area contributed by atoms with Crippen molar-refractivity contribution in [3.8, 4) is 28.3 Å². The minimum absolute atomic E-state index is 0.497. The third-order valence-corrected chi connectivity index (χ3v) is 12.5. The summed E-state index contributed by atoms with van der Waals surface area (Å²) in [5.41, 5.74) is 12.0. The molecule has 4 nitrogen and oxygen atoms in total. The lowest BCUT2D eigenvalue weighted by atomic mass is 9.67. The number of pyridine rings is 1. The number of rotatable bonds is 2. The van der Waals surface area contributed by atoms with Crippen molar-refractivity contribution in [2.45, 2.75) is 15.2 Å². The van der Waals surface area contributed by atoms with Gasteiger partial charge in [0.25, 0.3) is 0 Å². The molecular weight excluding hydrogens is 665 g/mol. The van der Waals surface area contributed by atoms with Gasteiger partial charge in [0, 0.05) is 37.7 Å². The van der Waals surface area contributed by atoms with Gasteiger partial charge in [0.15, 0.2) is 5.65 Å². The molecule has 0 atom stereocenters. The summed E-state index contributed by atoms with van der Waals surface area (Å²) in [6.45, 7) is 0. The summed E-state index contributed by atoms with van der Waals surface area (Å²) in [5.74, 6) is 0.607. The molecule has 2 aliphatic rings. The third kappa shape index (κ3) is 3.84. The standard InChI is InChI=1S/C48H28N4S/c1-2-14-30(15-3-1)45-34-19-12-26-49-46(34)51-47(50-45)52-40-25-24-29-13-4-5-16-31(29)44(40)35-27-43-39(28-41(35)52)48(38-22-10-11-23-42(38)53-43)36-20-8-6-17-32(36)33-18-7-9-21-37(33)48/h1-28H. The van der Waals surface area contributed by atoms with Crippen molar-refractivity contribution in [1.82, 2.24) is 19.5 Å². The summed E-state index contributed by atoms with van der Waals surface area (Å²) in [5, 5.41) is 5.73. The van der Waals surface area contributed by atoms with Gasteiger partial charge in [-0.2, -0.15) is 4.98 Å². The molecule has 1 aliphatic heterocycles. The smallest absolute Gasteiger partial charge is 0.237 e. The van der Waals surface area contributed by atoms with Gasteiger partial charge in [0.05, 0.1) is 22.1 Å². The van der Waals surface area contributed by atoms with Crippen molar-refractivity contribution >= 4 is 55.4 Å². The number of aromatic nitrogens is 4. The molecule has 5 heteroatoms. The molecule has 12 rings (SSSR count). The van der Waals surface area contributed by atoms with Gasteiger partial charge in [-0.3, -0.25) is 4.57 Å². The Morgan fingerprint density at radius 2 is 1.19 bits per heavy atom. The zero-order valence-corrected chi connectivity index (χ0v) is 29.2. The van der Waals surface area contributed by atoms with E-state index in [2.05, 4.69) is 156 Å². The lowest BCUT2D eigenvalue weighted by Gasteiger charge is -2.39. The van der Waals surface area contributed by atoms with Gasteiger partial charge < -0.3 is 0 Å². The van der Waals surface area contributed by atoms with Gasteiger partial charge in [-0.25, -0.2) is 9.97 Å². The minimum atomic E-state index is -0.497. The Labute approximate surface area is 309 Å².